The highest BCUT2D eigenvalue weighted by molar-refractivity contribution is 5.84. The van der Waals surface area contributed by atoms with Crippen LogP contribution in [0.25, 0.3) is 22.1 Å². The highest BCUT2D eigenvalue weighted by atomic mass is 19.1. The molecule has 0 radical (unpaired) electrons. The Labute approximate surface area is 183 Å². The number of ether oxygens (including phenoxy) is 1. The van der Waals surface area contributed by atoms with E-state index in [2.05, 4.69) is 5.32 Å². The average molecular weight is 433 g/mol. The van der Waals surface area contributed by atoms with Crippen molar-refractivity contribution in [3.05, 3.63) is 96.0 Å². The first-order valence-corrected chi connectivity index (χ1v) is 9.96. The number of aliphatic carboxylic acids is 1. The fourth-order valence-electron chi connectivity index (χ4n) is 3.36. The SMILES string of the molecule is O=C(NC(Cc1ccc(F)cc1)C(=O)O)OCc1cc2cc(-c3ccccc3)ccc2o1. The normalized spacial score (nSPS) is 11.8. The fourth-order valence-corrected chi connectivity index (χ4v) is 3.36. The van der Waals surface area contributed by atoms with Gasteiger partial charge in [-0.15, -0.1) is 0 Å². The van der Waals surface area contributed by atoms with E-state index in [0.717, 1.165) is 16.5 Å². The van der Waals surface area contributed by atoms with Crippen LogP contribution in [0.3, 0.4) is 0 Å². The zero-order valence-corrected chi connectivity index (χ0v) is 17.0. The van der Waals surface area contributed by atoms with E-state index in [4.69, 9.17) is 9.15 Å². The van der Waals surface area contributed by atoms with Gasteiger partial charge in [0.15, 0.2) is 6.61 Å². The second-order valence-electron chi connectivity index (χ2n) is 7.27. The van der Waals surface area contributed by atoms with Gasteiger partial charge < -0.3 is 19.6 Å². The molecule has 0 bridgehead atoms. The first-order chi connectivity index (χ1) is 15.5. The summed E-state index contributed by atoms with van der Waals surface area (Å²) in [5.41, 5.74) is 3.34. The molecule has 0 saturated heterocycles. The van der Waals surface area contributed by atoms with Gasteiger partial charge >= 0.3 is 12.1 Å². The molecule has 1 aromatic heterocycles. The van der Waals surface area contributed by atoms with Crippen LogP contribution in [-0.4, -0.2) is 23.2 Å². The molecule has 32 heavy (non-hydrogen) atoms. The molecule has 0 spiro atoms. The third-order valence-corrected chi connectivity index (χ3v) is 4.96. The average Bonchev–Trinajstić information content (AvgIpc) is 3.21. The van der Waals surface area contributed by atoms with Gasteiger partial charge in [-0.3, -0.25) is 0 Å². The Morgan fingerprint density at radius 2 is 1.72 bits per heavy atom. The van der Waals surface area contributed by atoms with Crippen molar-refractivity contribution in [1.29, 1.82) is 0 Å². The van der Waals surface area contributed by atoms with Crippen LogP contribution in [0.1, 0.15) is 11.3 Å². The third kappa shape index (κ3) is 5.13. The van der Waals surface area contributed by atoms with Crippen LogP contribution in [0.5, 0.6) is 0 Å². The second kappa shape index (κ2) is 9.34. The summed E-state index contributed by atoms with van der Waals surface area (Å²) < 4.78 is 23.9. The van der Waals surface area contributed by atoms with Crippen molar-refractivity contribution in [1.82, 2.24) is 5.32 Å². The van der Waals surface area contributed by atoms with Crippen LogP contribution in [0, 0.1) is 5.82 Å². The van der Waals surface area contributed by atoms with Gasteiger partial charge in [-0.05, 0) is 47.0 Å². The number of carboxylic acid groups (broad SMARTS) is 1. The number of rotatable bonds is 7. The number of furan rings is 1. The summed E-state index contributed by atoms with van der Waals surface area (Å²) in [6.07, 6.45) is -0.887. The molecule has 0 aliphatic rings. The van der Waals surface area contributed by atoms with Crippen LogP contribution in [0.2, 0.25) is 0 Å². The third-order valence-electron chi connectivity index (χ3n) is 4.96. The van der Waals surface area contributed by atoms with Crippen molar-refractivity contribution in [2.24, 2.45) is 0 Å². The number of nitrogens with one attached hydrogen (secondary N) is 1. The summed E-state index contributed by atoms with van der Waals surface area (Å²) in [5, 5.41) is 12.6. The number of carbonyl (C=O) groups is 2. The number of carbonyl (C=O) groups excluding carboxylic acids is 1. The summed E-state index contributed by atoms with van der Waals surface area (Å²) in [7, 11) is 0. The number of carboxylic acids is 1. The van der Waals surface area contributed by atoms with Crippen LogP contribution in [0.15, 0.2) is 83.3 Å². The van der Waals surface area contributed by atoms with Crippen molar-refractivity contribution in [2.45, 2.75) is 19.1 Å². The number of benzene rings is 3. The van der Waals surface area contributed by atoms with Crippen molar-refractivity contribution in [3.8, 4) is 11.1 Å². The van der Waals surface area contributed by atoms with Gasteiger partial charge in [-0.1, -0.05) is 48.5 Å². The molecule has 0 aliphatic heterocycles. The number of amides is 1. The summed E-state index contributed by atoms with van der Waals surface area (Å²) in [4.78, 5) is 23.6. The molecule has 1 unspecified atom stereocenters. The van der Waals surface area contributed by atoms with E-state index in [1.54, 1.807) is 6.07 Å². The van der Waals surface area contributed by atoms with Crippen molar-refractivity contribution in [3.63, 3.8) is 0 Å². The van der Waals surface area contributed by atoms with Crippen LogP contribution < -0.4 is 5.32 Å². The van der Waals surface area contributed by atoms with Crippen molar-refractivity contribution < 1.29 is 28.2 Å². The van der Waals surface area contributed by atoms with Gasteiger partial charge in [-0.2, -0.15) is 0 Å². The minimum absolute atomic E-state index is 0.00237. The van der Waals surface area contributed by atoms with E-state index in [1.165, 1.54) is 24.3 Å². The lowest BCUT2D eigenvalue weighted by atomic mass is 10.0. The Morgan fingerprint density at radius 1 is 0.969 bits per heavy atom. The zero-order valence-electron chi connectivity index (χ0n) is 17.0. The second-order valence-corrected chi connectivity index (χ2v) is 7.27. The molecule has 0 aliphatic carbocycles. The molecule has 6 nitrogen and oxygen atoms in total. The standard InChI is InChI=1S/C25H20FNO5/c26-20-9-6-16(7-10-20)12-22(24(28)29)27-25(30)31-15-21-14-19-13-18(8-11-23(19)32-21)17-4-2-1-3-5-17/h1-11,13-14,22H,12,15H2,(H,27,30)(H,28,29). The van der Waals surface area contributed by atoms with E-state index in [-0.39, 0.29) is 13.0 Å². The first kappa shape index (κ1) is 21.1. The van der Waals surface area contributed by atoms with Crippen molar-refractivity contribution in [2.75, 3.05) is 0 Å². The predicted octanol–water partition coefficient (Wildman–Crippen LogP) is 5.16. The molecule has 4 rings (SSSR count). The van der Waals surface area contributed by atoms with E-state index in [9.17, 15) is 19.1 Å². The van der Waals surface area contributed by atoms with Gasteiger partial charge in [0.25, 0.3) is 0 Å². The lowest BCUT2D eigenvalue weighted by molar-refractivity contribution is -0.139. The summed E-state index contributed by atoms with van der Waals surface area (Å²) in [6.45, 7) is -0.149. The lowest BCUT2D eigenvalue weighted by Gasteiger charge is -2.14. The Kier molecular flexibility index (Phi) is 6.17. The minimum atomic E-state index is -1.22. The topological polar surface area (TPSA) is 88.8 Å². The highest BCUT2D eigenvalue weighted by Gasteiger charge is 2.21. The smallest absolute Gasteiger partial charge is 0.408 e. The Hall–Kier alpha value is -4.13. The summed E-state index contributed by atoms with van der Waals surface area (Å²) in [5.74, 6) is -1.20. The largest absolute Gasteiger partial charge is 0.480 e. The molecule has 7 heteroatoms. The van der Waals surface area contributed by atoms with Crippen LogP contribution in [0.4, 0.5) is 9.18 Å². The van der Waals surface area contributed by atoms with Gasteiger partial charge in [0, 0.05) is 11.8 Å². The molecular formula is C25H20FNO5. The molecule has 2 N–H and O–H groups in total. The maximum atomic E-state index is 13.0. The Morgan fingerprint density at radius 3 is 2.44 bits per heavy atom. The monoisotopic (exact) mass is 433 g/mol. The molecule has 0 saturated carbocycles. The molecule has 1 amide bonds. The highest BCUT2D eigenvalue weighted by Crippen LogP contribution is 2.27. The van der Waals surface area contributed by atoms with Crippen LogP contribution >= 0.6 is 0 Å². The molecule has 3 aromatic carbocycles. The van der Waals surface area contributed by atoms with Gasteiger partial charge in [0.1, 0.15) is 23.2 Å². The van der Waals surface area contributed by atoms with E-state index >= 15 is 0 Å². The molecule has 0 fully saturated rings. The fraction of sp³-hybridized carbons (Fsp3) is 0.120. The van der Waals surface area contributed by atoms with E-state index in [0.29, 0.717) is 16.9 Å². The maximum absolute atomic E-state index is 13.0. The number of alkyl carbamates (subject to hydrolysis) is 1. The molecule has 4 aromatic rings. The zero-order chi connectivity index (χ0) is 22.5. The number of hydrogen-bond acceptors (Lipinski definition) is 4. The Balaban J connectivity index is 1.38. The van der Waals surface area contributed by atoms with Gasteiger partial charge in [0.05, 0.1) is 0 Å². The predicted molar refractivity (Wildman–Crippen MR) is 116 cm³/mol. The molecule has 162 valence electrons. The molecule has 1 heterocycles. The Bertz CT molecular complexity index is 1230. The van der Waals surface area contributed by atoms with Gasteiger partial charge in [-0.25, -0.2) is 14.0 Å². The lowest BCUT2D eigenvalue weighted by Crippen LogP contribution is -2.42. The number of fused-ring (bicyclic) bond motifs is 1. The van der Waals surface area contributed by atoms with E-state index in [1.807, 2.05) is 48.5 Å². The molecular weight excluding hydrogens is 413 g/mol. The summed E-state index contributed by atoms with van der Waals surface area (Å²) in [6, 6.07) is 21.7. The van der Waals surface area contributed by atoms with Crippen molar-refractivity contribution >= 4 is 23.0 Å². The van der Waals surface area contributed by atoms with Crippen LogP contribution in [-0.2, 0) is 22.6 Å². The van der Waals surface area contributed by atoms with E-state index < -0.39 is 23.9 Å². The number of halogens is 1. The number of hydrogen-bond donors (Lipinski definition) is 2. The van der Waals surface area contributed by atoms with Gasteiger partial charge in [0.2, 0.25) is 0 Å². The minimum Gasteiger partial charge on any atom is -0.480 e. The quantitative estimate of drug-likeness (QED) is 0.420. The summed E-state index contributed by atoms with van der Waals surface area (Å²) >= 11 is 0. The first-order valence-electron chi connectivity index (χ1n) is 9.96. The molecule has 1 atom stereocenters. The maximum Gasteiger partial charge on any atom is 0.408 e.